The first-order chi connectivity index (χ1) is 6.59. The highest BCUT2D eigenvalue weighted by Crippen LogP contribution is 2.09. The molecule has 0 aromatic carbocycles. The van der Waals surface area contributed by atoms with Crippen molar-refractivity contribution in [2.45, 2.75) is 25.4 Å². The molecule has 2 amide bonds. The number of nitrogens with one attached hydrogen (secondary N) is 2. The van der Waals surface area contributed by atoms with Crippen LogP contribution in [0.3, 0.4) is 0 Å². The number of carbonyl (C=O) groups excluding carboxylic acids is 2. The van der Waals surface area contributed by atoms with Gasteiger partial charge in [-0.15, -0.1) is 11.8 Å². The molecule has 2 unspecified atom stereocenters. The van der Waals surface area contributed by atoms with Crippen molar-refractivity contribution in [3.8, 4) is 0 Å². The van der Waals surface area contributed by atoms with Crippen molar-refractivity contribution in [2.75, 3.05) is 11.6 Å². The van der Waals surface area contributed by atoms with Gasteiger partial charge in [0.15, 0.2) is 0 Å². The predicted octanol–water partition coefficient (Wildman–Crippen LogP) is -0.971. The fourth-order valence-electron chi connectivity index (χ4n) is 1.26. The maximum absolute atomic E-state index is 11.5. The molecule has 0 saturated carbocycles. The lowest BCUT2D eigenvalue weighted by Gasteiger charge is -2.15. The van der Waals surface area contributed by atoms with Crippen LogP contribution in [0.25, 0.3) is 0 Å². The maximum atomic E-state index is 11.5. The molecule has 4 N–H and O–H groups in total. The van der Waals surface area contributed by atoms with Crippen LogP contribution < -0.4 is 16.4 Å². The van der Waals surface area contributed by atoms with Gasteiger partial charge in [-0.05, 0) is 6.92 Å². The lowest BCUT2D eigenvalue weighted by Crippen LogP contribution is -2.46. The third kappa shape index (κ3) is 3.55. The summed E-state index contributed by atoms with van der Waals surface area (Å²) in [7, 11) is 0. The van der Waals surface area contributed by atoms with Gasteiger partial charge in [-0.25, -0.2) is 0 Å². The van der Waals surface area contributed by atoms with Crippen molar-refractivity contribution in [1.29, 1.82) is 0 Å². The van der Waals surface area contributed by atoms with Crippen LogP contribution in [0.1, 0.15) is 13.3 Å². The first kappa shape index (κ1) is 11.3. The van der Waals surface area contributed by atoms with Gasteiger partial charge in [-0.3, -0.25) is 14.9 Å². The van der Waals surface area contributed by atoms with E-state index in [0.717, 1.165) is 11.6 Å². The number of amides is 2. The maximum Gasteiger partial charge on any atom is 0.238 e. The van der Waals surface area contributed by atoms with Gasteiger partial charge < -0.3 is 11.1 Å². The molecule has 6 heteroatoms. The quantitative estimate of drug-likeness (QED) is 0.565. The summed E-state index contributed by atoms with van der Waals surface area (Å²) in [6.07, 6.45) is 0.186. The Morgan fingerprint density at radius 3 is 2.93 bits per heavy atom. The van der Waals surface area contributed by atoms with Crippen molar-refractivity contribution in [1.82, 2.24) is 10.6 Å². The summed E-state index contributed by atoms with van der Waals surface area (Å²) in [4.78, 5) is 22.1. The first-order valence-corrected chi connectivity index (χ1v) is 5.65. The molecule has 1 saturated heterocycles. The minimum absolute atomic E-state index is 0.0521. The topological polar surface area (TPSA) is 84.2 Å². The Morgan fingerprint density at radius 1 is 1.71 bits per heavy atom. The molecule has 0 spiro atoms. The third-order valence-corrected chi connectivity index (χ3v) is 2.87. The number of primary amides is 1. The second kappa shape index (κ2) is 5.21. The van der Waals surface area contributed by atoms with Gasteiger partial charge in [0.25, 0.3) is 0 Å². The van der Waals surface area contributed by atoms with Crippen molar-refractivity contribution < 1.29 is 9.59 Å². The van der Waals surface area contributed by atoms with Crippen LogP contribution in [0.4, 0.5) is 0 Å². The number of carbonyl (C=O) groups is 2. The van der Waals surface area contributed by atoms with E-state index in [1.54, 1.807) is 18.7 Å². The normalized spacial score (nSPS) is 23.1. The van der Waals surface area contributed by atoms with Crippen LogP contribution in [0.2, 0.25) is 0 Å². The monoisotopic (exact) mass is 217 g/mol. The molecule has 1 rings (SSSR count). The molecule has 1 aliphatic heterocycles. The zero-order chi connectivity index (χ0) is 10.6. The molecule has 0 radical (unpaired) electrons. The van der Waals surface area contributed by atoms with Gasteiger partial charge in [-0.1, -0.05) is 0 Å². The van der Waals surface area contributed by atoms with Crippen molar-refractivity contribution >= 4 is 23.6 Å². The van der Waals surface area contributed by atoms with E-state index in [9.17, 15) is 9.59 Å². The zero-order valence-corrected chi connectivity index (χ0v) is 8.89. The highest BCUT2D eigenvalue weighted by atomic mass is 32.2. The zero-order valence-electron chi connectivity index (χ0n) is 8.08. The molecule has 0 aromatic heterocycles. The summed E-state index contributed by atoms with van der Waals surface area (Å²) >= 11 is 1.69. The Bertz CT molecular complexity index is 229. The molecular weight excluding hydrogens is 202 g/mol. The Labute approximate surface area is 87.2 Å². The van der Waals surface area contributed by atoms with Gasteiger partial charge in [0, 0.05) is 24.1 Å². The summed E-state index contributed by atoms with van der Waals surface area (Å²) in [6, 6.07) is -0.317. The van der Waals surface area contributed by atoms with Crippen LogP contribution >= 0.6 is 11.8 Å². The molecule has 80 valence electrons. The average Bonchev–Trinajstić information content (AvgIpc) is 2.53. The second-order valence-electron chi connectivity index (χ2n) is 3.35. The smallest absolute Gasteiger partial charge is 0.238 e. The Kier molecular flexibility index (Phi) is 4.21. The summed E-state index contributed by atoms with van der Waals surface area (Å²) in [5, 5.41) is 5.79. The molecule has 0 aromatic rings. The summed E-state index contributed by atoms with van der Waals surface area (Å²) < 4.78 is 0. The number of nitrogens with two attached hydrogens (primary N) is 1. The van der Waals surface area contributed by atoms with Gasteiger partial charge in [0.2, 0.25) is 11.8 Å². The lowest BCUT2D eigenvalue weighted by atomic mass is 10.2. The number of hydrogen-bond acceptors (Lipinski definition) is 4. The molecule has 1 heterocycles. The van der Waals surface area contributed by atoms with E-state index in [0.29, 0.717) is 0 Å². The average molecular weight is 217 g/mol. The minimum Gasteiger partial charge on any atom is -0.370 e. The molecule has 5 nitrogen and oxygen atoms in total. The largest absolute Gasteiger partial charge is 0.370 e. The standard InChI is InChI=1S/C8H15N3O2S/c1-5(2-7(9)12)11-8(13)6-3-14-4-10-6/h5-6,10H,2-4H2,1H3,(H2,9,12)(H,11,13). The van der Waals surface area contributed by atoms with Crippen molar-refractivity contribution in [3.63, 3.8) is 0 Å². The summed E-state index contributed by atoms with van der Waals surface area (Å²) in [5.41, 5.74) is 5.01. The van der Waals surface area contributed by atoms with E-state index in [1.165, 1.54) is 0 Å². The number of rotatable bonds is 4. The lowest BCUT2D eigenvalue weighted by molar-refractivity contribution is -0.123. The van der Waals surface area contributed by atoms with Gasteiger partial charge in [0.1, 0.15) is 0 Å². The minimum atomic E-state index is -0.397. The number of hydrogen-bond donors (Lipinski definition) is 3. The van der Waals surface area contributed by atoms with Crippen molar-refractivity contribution in [3.05, 3.63) is 0 Å². The van der Waals surface area contributed by atoms with Crippen molar-refractivity contribution in [2.24, 2.45) is 5.73 Å². The fraction of sp³-hybridized carbons (Fsp3) is 0.750. The van der Waals surface area contributed by atoms with Gasteiger partial charge in [-0.2, -0.15) is 0 Å². The molecule has 1 aliphatic rings. The molecule has 14 heavy (non-hydrogen) atoms. The van der Waals surface area contributed by atoms with Gasteiger partial charge in [0.05, 0.1) is 6.04 Å². The van der Waals surface area contributed by atoms with Crippen LogP contribution in [-0.4, -0.2) is 35.5 Å². The fourth-order valence-corrected chi connectivity index (χ4v) is 2.20. The highest BCUT2D eigenvalue weighted by Gasteiger charge is 2.23. The second-order valence-corrected chi connectivity index (χ2v) is 4.38. The van der Waals surface area contributed by atoms with Crippen LogP contribution in [0.15, 0.2) is 0 Å². The molecule has 1 fully saturated rings. The van der Waals surface area contributed by atoms with Gasteiger partial charge >= 0.3 is 0 Å². The van der Waals surface area contributed by atoms with E-state index in [-0.39, 0.29) is 24.4 Å². The summed E-state index contributed by atoms with van der Waals surface area (Å²) in [5.74, 6) is 1.15. The Balaban J connectivity index is 2.28. The first-order valence-electron chi connectivity index (χ1n) is 4.49. The van der Waals surface area contributed by atoms with E-state index < -0.39 is 5.91 Å². The Hall–Kier alpha value is -0.750. The Morgan fingerprint density at radius 2 is 2.43 bits per heavy atom. The van der Waals surface area contributed by atoms with E-state index in [4.69, 9.17) is 5.73 Å². The summed E-state index contributed by atoms with van der Waals surface area (Å²) in [6.45, 7) is 1.77. The van der Waals surface area contributed by atoms with Crippen LogP contribution in [0.5, 0.6) is 0 Å². The molecule has 0 aliphatic carbocycles. The molecular formula is C8H15N3O2S. The molecule has 0 bridgehead atoms. The van der Waals surface area contributed by atoms with E-state index in [2.05, 4.69) is 10.6 Å². The number of thioether (sulfide) groups is 1. The molecule has 2 atom stereocenters. The highest BCUT2D eigenvalue weighted by molar-refractivity contribution is 7.99. The van der Waals surface area contributed by atoms with Crippen LogP contribution in [-0.2, 0) is 9.59 Å². The SMILES string of the molecule is CC(CC(N)=O)NC(=O)C1CSCN1. The van der Waals surface area contributed by atoms with Crippen LogP contribution in [0, 0.1) is 0 Å². The third-order valence-electron chi connectivity index (χ3n) is 1.93. The van der Waals surface area contributed by atoms with E-state index >= 15 is 0 Å². The van der Waals surface area contributed by atoms with E-state index in [1.807, 2.05) is 0 Å². The predicted molar refractivity (Wildman–Crippen MR) is 55.7 cm³/mol.